The van der Waals surface area contributed by atoms with Crippen molar-refractivity contribution in [2.75, 3.05) is 5.32 Å². The zero-order chi connectivity index (χ0) is 17.0. The second-order valence-corrected chi connectivity index (χ2v) is 5.41. The number of esters is 1. The summed E-state index contributed by atoms with van der Waals surface area (Å²) in [6.07, 6.45) is 0.241. The summed E-state index contributed by atoms with van der Waals surface area (Å²) in [4.78, 5) is 27.8. The van der Waals surface area contributed by atoms with E-state index in [1.54, 1.807) is 0 Å². The monoisotopic (exact) mass is 354 g/mol. The Balaban J connectivity index is 2.01. The van der Waals surface area contributed by atoms with E-state index >= 15 is 0 Å². The van der Waals surface area contributed by atoms with Gasteiger partial charge in [0.2, 0.25) is 0 Å². The molecule has 0 radical (unpaired) electrons. The smallest absolute Gasteiger partial charge is 0.339 e. The molecule has 1 aromatic heterocycles. The third-order valence-corrected chi connectivity index (χ3v) is 3.28. The van der Waals surface area contributed by atoms with Crippen LogP contribution in [0, 0.1) is 0 Å². The van der Waals surface area contributed by atoms with E-state index in [0.717, 1.165) is 0 Å². The number of ether oxygens (including phenoxy) is 1. The number of phenols is 1. The first kappa shape index (κ1) is 17.1. The number of nitrogens with one attached hydrogen (secondary N) is 1. The second-order valence-electron chi connectivity index (χ2n) is 4.57. The van der Waals surface area contributed by atoms with Crippen LogP contribution in [0.1, 0.15) is 17.3 Å². The van der Waals surface area contributed by atoms with E-state index in [9.17, 15) is 14.7 Å². The van der Waals surface area contributed by atoms with E-state index < -0.39 is 18.0 Å². The fourth-order valence-corrected chi connectivity index (χ4v) is 2.07. The minimum atomic E-state index is -1.08. The molecule has 0 spiro atoms. The van der Waals surface area contributed by atoms with Gasteiger partial charge in [-0.25, -0.2) is 9.78 Å². The minimum absolute atomic E-state index is 0.0753. The Morgan fingerprint density at radius 2 is 2.04 bits per heavy atom. The Kier molecular flexibility index (Phi) is 5.41. The zero-order valence-corrected chi connectivity index (χ0v) is 13.4. The van der Waals surface area contributed by atoms with Crippen LogP contribution in [0.25, 0.3) is 0 Å². The lowest BCUT2D eigenvalue weighted by molar-refractivity contribution is -0.123. The Morgan fingerprint density at radius 1 is 1.30 bits per heavy atom. The maximum absolute atomic E-state index is 12.0. The number of benzene rings is 1. The van der Waals surface area contributed by atoms with Gasteiger partial charge in [0, 0.05) is 6.20 Å². The maximum atomic E-state index is 12.0. The van der Waals surface area contributed by atoms with Gasteiger partial charge in [-0.1, -0.05) is 29.3 Å². The topological polar surface area (TPSA) is 88.5 Å². The van der Waals surface area contributed by atoms with Gasteiger partial charge in [-0.05, 0) is 31.2 Å². The number of phenolic OH excluding ortho intramolecular Hbond substituents is 1. The molecule has 0 fully saturated rings. The van der Waals surface area contributed by atoms with Crippen molar-refractivity contribution < 1.29 is 19.4 Å². The van der Waals surface area contributed by atoms with Crippen LogP contribution < -0.4 is 5.32 Å². The molecule has 0 aliphatic carbocycles. The number of hydrogen-bond acceptors (Lipinski definition) is 5. The fourth-order valence-electron chi connectivity index (χ4n) is 1.64. The summed E-state index contributed by atoms with van der Waals surface area (Å²) in [5.74, 6) is -1.30. The first-order valence-electron chi connectivity index (χ1n) is 6.48. The highest BCUT2D eigenvalue weighted by Gasteiger charge is 2.20. The Morgan fingerprint density at radius 3 is 2.70 bits per heavy atom. The molecule has 2 aromatic rings. The molecule has 23 heavy (non-hydrogen) atoms. The summed E-state index contributed by atoms with van der Waals surface area (Å²) in [6, 6.07) is 7.04. The van der Waals surface area contributed by atoms with Crippen LogP contribution in [0.2, 0.25) is 10.0 Å². The van der Waals surface area contributed by atoms with Crippen molar-refractivity contribution in [2.24, 2.45) is 0 Å². The number of pyridine rings is 1. The summed E-state index contributed by atoms with van der Waals surface area (Å²) in [5, 5.41) is 12.3. The first-order chi connectivity index (χ1) is 10.9. The number of aromatic hydroxyl groups is 1. The van der Waals surface area contributed by atoms with Crippen LogP contribution in [-0.4, -0.2) is 28.1 Å². The van der Waals surface area contributed by atoms with Crippen LogP contribution in [0.15, 0.2) is 36.5 Å². The molecule has 2 N–H and O–H groups in total. The van der Waals surface area contributed by atoms with E-state index in [1.165, 1.54) is 43.5 Å². The summed E-state index contributed by atoms with van der Waals surface area (Å²) in [5.41, 5.74) is 0.132. The molecule has 1 unspecified atom stereocenters. The van der Waals surface area contributed by atoms with E-state index in [0.29, 0.717) is 5.02 Å². The number of amides is 1. The van der Waals surface area contributed by atoms with Crippen LogP contribution >= 0.6 is 23.2 Å². The van der Waals surface area contributed by atoms with Crippen LogP contribution in [0.5, 0.6) is 5.75 Å². The van der Waals surface area contributed by atoms with Crippen molar-refractivity contribution in [3.05, 3.63) is 52.1 Å². The molecule has 2 rings (SSSR count). The van der Waals surface area contributed by atoms with Crippen LogP contribution in [0.4, 0.5) is 5.82 Å². The van der Waals surface area contributed by atoms with Gasteiger partial charge in [0.1, 0.15) is 5.75 Å². The summed E-state index contributed by atoms with van der Waals surface area (Å²) in [6.45, 7) is 1.40. The molecule has 8 heteroatoms. The molecule has 0 aliphatic heterocycles. The normalized spacial score (nSPS) is 11.6. The standard InChI is InChI=1S/C15H12Cl2N2O4/c1-8(23-15(22)9-3-2-4-11(20)5-9)14(21)19-13-12(17)6-10(16)7-18-13/h2-8,20H,1H3,(H,18,19,21). The molecule has 120 valence electrons. The fraction of sp³-hybridized carbons (Fsp3) is 0.133. The van der Waals surface area contributed by atoms with Gasteiger partial charge in [0.25, 0.3) is 5.91 Å². The Labute approximate surface area is 142 Å². The Bertz CT molecular complexity index is 752. The number of carbonyl (C=O) groups is 2. The number of rotatable bonds is 4. The average Bonchev–Trinajstić information content (AvgIpc) is 2.49. The predicted octanol–water partition coefficient (Wildman–Crippen LogP) is 3.28. The van der Waals surface area contributed by atoms with E-state index in [2.05, 4.69) is 10.3 Å². The number of halogens is 2. The van der Waals surface area contributed by atoms with Gasteiger partial charge < -0.3 is 15.2 Å². The molecule has 1 heterocycles. The first-order valence-corrected chi connectivity index (χ1v) is 7.24. The van der Waals surface area contributed by atoms with Crippen LogP contribution in [-0.2, 0) is 9.53 Å². The lowest BCUT2D eigenvalue weighted by Crippen LogP contribution is -2.30. The summed E-state index contributed by atoms with van der Waals surface area (Å²) < 4.78 is 5.03. The molecule has 0 saturated heterocycles. The lowest BCUT2D eigenvalue weighted by atomic mass is 10.2. The molecule has 6 nitrogen and oxygen atoms in total. The predicted molar refractivity (Wildman–Crippen MR) is 85.9 cm³/mol. The van der Waals surface area contributed by atoms with Gasteiger partial charge in [-0.2, -0.15) is 0 Å². The molecule has 1 amide bonds. The summed E-state index contributed by atoms with van der Waals surface area (Å²) >= 11 is 11.6. The highest BCUT2D eigenvalue weighted by Crippen LogP contribution is 2.22. The number of carbonyl (C=O) groups excluding carboxylic acids is 2. The number of aromatic nitrogens is 1. The van der Waals surface area contributed by atoms with Crippen molar-refractivity contribution in [2.45, 2.75) is 13.0 Å². The minimum Gasteiger partial charge on any atom is -0.508 e. The lowest BCUT2D eigenvalue weighted by Gasteiger charge is -2.13. The number of anilines is 1. The average molecular weight is 355 g/mol. The largest absolute Gasteiger partial charge is 0.508 e. The Hall–Kier alpha value is -2.31. The zero-order valence-electron chi connectivity index (χ0n) is 11.9. The molecule has 0 aliphatic rings. The van der Waals surface area contributed by atoms with Gasteiger partial charge in [-0.15, -0.1) is 0 Å². The number of nitrogens with zero attached hydrogens (tertiary/aromatic N) is 1. The molecule has 0 bridgehead atoms. The van der Waals surface area contributed by atoms with Gasteiger partial charge >= 0.3 is 5.97 Å². The quantitative estimate of drug-likeness (QED) is 0.822. The van der Waals surface area contributed by atoms with E-state index in [-0.39, 0.29) is 22.2 Å². The third kappa shape index (κ3) is 4.58. The SMILES string of the molecule is CC(OC(=O)c1cccc(O)c1)C(=O)Nc1ncc(Cl)cc1Cl. The van der Waals surface area contributed by atoms with Gasteiger partial charge in [0.15, 0.2) is 11.9 Å². The molecule has 1 aromatic carbocycles. The van der Waals surface area contributed by atoms with Gasteiger partial charge in [-0.3, -0.25) is 4.79 Å². The van der Waals surface area contributed by atoms with Crippen molar-refractivity contribution in [1.29, 1.82) is 0 Å². The van der Waals surface area contributed by atoms with Crippen molar-refractivity contribution in [1.82, 2.24) is 4.98 Å². The maximum Gasteiger partial charge on any atom is 0.339 e. The molecule has 1 atom stereocenters. The molecular formula is C15H12Cl2N2O4. The third-order valence-electron chi connectivity index (χ3n) is 2.78. The number of hydrogen-bond donors (Lipinski definition) is 2. The highest BCUT2D eigenvalue weighted by molar-refractivity contribution is 6.36. The highest BCUT2D eigenvalue weighted by atomic mass is 35.5. The van der Waals surface area contributed by atoms with Gasteiger partial charge in [0.05, 0.1) is 15.6 Å². The van der Waals surface area contributed by atoms with Crippen molar-refractivity contribution >= 4 is 40.9 Å². The van der Waals surface area contributed by atoms with E-state index in [4.69, 9.17) is 27.9 Å². The van der Waals surface area contributed by atoms with E-state index in [1.807, 2.05) is 0 Å². The van der Waals surface area contributed by atoms with Crippen molar-refractivity contribution in [3.8, 4) is 5.75 Å². The molecular weight excluding hydrogens is 343 g/mol. The summed E-state index contributed by atoms with van der Waals surface area (Å²) in [7, 11) is 0. The second kappa shape index (κ2) is 7.30. The molecule has 0 saturated carbocycles. The van der Waals surface area contributed by atoms with Crippen LogP contribution in [0.3, 0.4) is 0 Å². The van der Waals surface area contributed by atoms with Crippen molar-refractivity contribution in [3.63, 3.8) is 0 Å².